The molecular formula is C8H16N2O4. The molecule has 0 saturated carbocycles. The lowest BCUT2D eigenvalue weighted by Crippen LogP contribution is -2.51. The highest BCUT2D eigenvalue weighted by molar-refractivity contribution is 5.73. The highest BCUT2D eigenvalue weighted by atomic mass is 16.4. The van der Waals surface area contributed by atoms with E-state index in [4.69, 9.17) is 0 Å². The molecule has 6 heteroatoms. The van der Waals surface area contributed by atoms with Crippen LogP contribution >= 0.6 is 0 Å². The van der Waals surface area contributed by atoms with Crippen LogP contribution < -0.4 is 10.6 Å². The van der Waals surface area contributed by atoms with Gasteiger partial charge in [-0.2, -0.15) is 0 Å². The fourth-order valence-electron chi connectivity index (χ4n) is 1.49. The molecule has 5 N–H and O–H groups in total. The van der Waals surface area contributed by atoms with Crippen molar-refractivity contribution in [2.75, 3.05) is 13.1 Å². The van der Waals surface area contributed by atoms with Crippen LogP contribution in [0.15, 0.2) is 0 Å². The van der Waals surface area contributed by atoms with Crippen molar-refractivity contribution in [3.8, 4) is 0 Å². The van der Waals surface area contributed by atoms with Gasteiger partial charge in [0.05, 0.1) is 12.1 Å². The van der Waals surface area contributed by atoms with Gasteiger partial charge < -0.3 is 26.0 Å². The maximum atomic E-state index is 10.8. The summed E-state index contributed by atoms with van der Waals surface area (Å²) in [6.07, 6.45) is -3.39. The molecule has 4 atom stereocenters. The molecule has 0 aromatic rings. The van der Waals surface area contributed by atoms with E-state index in [-0.39, 0.29) is 12.5 Å². The van der Waals surface area contributed by atoms with Crippen LogP contribution in [0.25, 0.3) is 0 Å². The number of rotatable bonds is 1. The normalized spacial score (nSPS) is 38.9. The van der Waals surface area contributed by atoms with Gasteiger partial charge in [-0.05, 0) is 0 Å². The highest BCUT2D eigenvalue weighted by Gasteiger charge is 2.34. The zero-order valence-electron chi connectivity index (χ0n) is 7.97. The van der Waals surface area contributed by atoms with Crippen LogP contribution in [0, 0.1) is 0 Å². The minimum Gasteiger partial charge on any atom is -0.389 e. The van der Waals surface area contributed by atoms with Crippen LogP contribution in [-0.2, 0) is 4.79 Å². The summed E-state index contributed by atoms with van der Waals surface area (Å²) in [6.45, 7) is 1.86. The summed E-state index contributed by atoms with van der Waals surface area (Å²) in [6, 6.07) is -0.570. The Morgan fingerprint density at radius 2 is 1.93 bits per heavy atom. The Bertz CT molecular complexity index is 212. The van der Waals surface area contributed by atoms with E-state index in [2.05, 4.69) is 10.6 Å². The van der Waals surface area contributed by atoms with Crippen LogP contribution in [0.4, 0.5) is 0 Å². The largest absolute Gasteiger partial charge is 0.389 e. The Morgan fingerprint density at radius 3 is 2.50 bits per heavy atom. The van der Waals surface area contributed by atoms with E-state index >= 15 is 0 Å². The smallest absolute Gasteiger partial charge is 0.217 e. The maximum absolute atomic E-state index is 10.8. The van der Waals surface area contributed by atoms with Crippen molar-refractivity contribution >= 4 is 5.91 Å². The van der Waals surface area contributed by atoms with Gasteiger partial charge in [0.1, 0.15) is 12.2 Å². The summed E-state index contributed by atoms with van der Waals surface area (Å²) >= 11 is 0. The molecule has 6 nitrogen and oxygen atoms in total. The van der Waals surface area contributed by atoms with Crippen molar-refractivity contribution in [2.45, 2.75) is 31.3 Å². The summed E-state index contributed by atoms with van der Waals surface area (Å²) in [7, 11) is 0. The number of carbonyl (C=O) groups is 1. The van der Waals surface area contributed by atoms with Crippen molar-refractivity contribution in [3.05, 3.63) is 0 Å². The topological polar surface area (TPSA) is 102 Å². The van der Waals surface area contributed by atoms with E-state index in [9.17, 15) is 20.1 Å². The number of aliphatic hydroxyl groups is 3. The molecule has 1 aliphatic heterocycles. The van der Waals surface area contributed by atoms with Crippen molar-refractivity contribution < 1.29 is 20.1 Å². The van der Waals surface area contributed by atoms with Crippen LogP contribution in [0.3, 0.4) is 0 Å². The van der Waals surface area contributed by atoms with Crippen LogP contribution in [0.2, 0.25) is 0 Å². The third-order valence-corrected chi connectivity index (χ3v) is 2.26. The van der Waals surface area contributed by atoms with Gasteiger partial charge in [-0.1, -0.05) is 0 Å². The quantitative estimate of drug-likeness (QED) is 0.317. The average Bonchev–Trinajstić information content (AvgIpc) is 2.21. The molecule has 0 spiro atoms. The monoisotopic (exact) mass is 204 g/mol. The molecule has 1 fully saturated rings. The molecule has 1 aliphatic rings. The number of hydrogen-bond donors (Lipinski definition) is 5. The molecule has 0 aromatic heterocycles. The van der Waals surface area contributed by atoms with E-state index in [0.29, 0.717) is 6.54 Å². The average molecular weight is 204 g/mol. The van der Waals surface area contributed by atoms with Crippen molar-refractivity contribution in [2.24, 2.45) is 0 Å². The molecule has 1 unspecified atom stereocenters. The van der Waals surface area contributed by atoms with Gasteiger partial charge >= 0.3 is 0 Å². The number of nitrogens with one attached hydrogen (secondary N) is 2. The first-order valence-corrected chi connectivity index (χ1v) is 4.54. The number of carbonyl (C=O) groups excluding carboxylic acids is 1. The molecule has 82 valence electrons. The van der Waals surface area contributed by atoms with Gasteiger partial charge in [0.25, 0.3) is 0 Å². The predicted molar refractivity (Wildman–Crippen MR) is 48.5 cm³/mol. The maximum Gasteiger partial charge on any atom is 0.217 e. The molecule has 0 radical (unpaired) electrons. The van der Waals surface area contributed by atoms with Gasteiger partial charge in [0, 0.05) is 20.0 Å². The summed E-state index contributed by atoms with van der Waals surface area (Å²) in [5.74, 6) is -0.278. The molecule has 1 saturated heterocycles. The lowest BCUT2D eigenvalue weighted by atomic mass is 10.0. The highest BCUT2D eigenvalue weighted by Crippen LogP contribution is 2.07. The second-order valence-electron chi connectivity index (χ2n) is 3.51. The minimum atomic E-state index is -1.23. The Labute approximate surface area is 81.9 Å². The number of β-amino-alcohol motifs (C(OH)–C–C–N with tert-alkyl or cyclic N) is 1. The third-order valence-electron chi connectivity index (χ3n) is 2.26. The van der Waals surface area contributed by atoms with Gasteiger partial charge in [-0.3, -0.25) is 4.79 Å². The summed E-state index contributed by atoms with van der Waals surface area (Å²) in [5, 5.41) is 33.6. The van der Waals surface area contributed by atoms with E-state index in [1.54, 1.807) is 0 Å². The van der Waals surface area contributed by atoms with E-state index in [0.717, 1.165) is 0 Å². The molecule has 1 heterocycles. The lowest BCUT2D eigenvalue weighted by molar-refractivity contribution is -0.121. The second kappa shape index (κ2) is 4.70. The summed E-state index contributed by atoms with van der Waals surface area (Å²) in [5.41, 5.74) is 0. The minimum absolute atomic E-state index is 0.203. The first-order valence-electron chi connectivity index (χ1n) is 4.54. The predicted octanol–water partition coefficient (Wildman–Crippen LogP) is -2.82. The van der Waals surface area contributed by atoms with E-state index < -0.39 is 24.4 Å². The zero-order valence-corrected chi connectivity index (χ0v) is 7.97. The Balaban J connectivity index is 2.62. The molecule has 0 aliphatic carbocycles. The Hall–Kier alpha value is -0.690. The number of aliphatic hydroxyl groups excluding tert-OH is 3. The molecule has 1 amide bonds. The van der Waals surface area contributed by atoms with Crippen LogP contribution in [0.1, 0.15) is 6.92 Å². The summed E-state index contributed by atoms with van der Waals surface area (Å²) < 4.78 is 0. The van der Waals surface area contributed by atoms with Gasteiger partial charge in [0.15, 0.2) is 0 Å². The van der Waals surface area contributed by atoms with E-state index in [1.165, 1.54) is 6.92 Å². The first kappa shape index (κ1) is 11.4. The van der Waals surface area contributed by atoms with Crippen LogP contribution in [0.5, 0.6) is 0 Å². The van der Waals surface area contributed by atoms with E-state index in [1.807, 2.05) is 0 Å². The Kier molecular flexibility index (Phi) is 3.82. The molecular weight excluding hydrogens is 188 g/mol. The second-order valence-corrected chi connectivity index (χ2v) is 3.51. The lowest BCUT2D eigenvalue weighted by Gasteiger charge is -2.25. The number of amides is 1. The molecule has 0 bridgehead atoms. The molecule has 1 rings (SSSR count). The van der Waals surface area contributed by atoms with Gasteiger partial charge in [-0.15, -0.1) is 0 Å². The third kappa shape index (κ3) is 2.65. The number of hydrogen-bond acceptors (Lipinski definition) is 5. The molecule has 0 aromatic carbocycles. The summed E-state index contributed by atoms with van der Waals surface area (Å²) in [4.78, 5) is 10.8. The van der Waals surface area contributed by atoms with Gasteiger partial charge in [0.2, 0.25) is 5.91 Å². The zero-order chi connectivity index (χ0) is 10.7. The van der Waals surface area contributed by atoms with Crippen molar-refractivity contribution in [3.63, 3.8) is 0 Å². The fourth-order valence-corrected chi connectivity index (χ4v) is 1.49. The SMILES string of the molecule is CC(=O)NC1CNC[C@@H](O)[C@@H](O)[C@@H]1O. The van der Waals surface area contributed by atoms with Crippen LogP contribution in [-0.4, -0.2) is 58.7 Å². The first-order chi connectivity index (χ1) is 6.52. The van der Waals surface area contributed by atoms with Crippen molar-refractivity contribution in [1.29, 1.82) is 0 Å². The fraction of sp³-hybridized carbons (Fsp3) is 0.875. The van der Waals surface area contributed by atoms with Crippen molar-refractivity contribution in [1.82, 2.24) is 10.6 Å². The standard InChI is InChI=1S/C8H16N2O4/c1-4(11)10-5-2-9-3-6(12)8(14)7(5)13/h5-9,12-14H,2-3H2,1H3,(H,10,11)/t5?,6-,7-,8-/m1/s1. The van der Waals surface area contributed by atoms with Gasteiger partial charge in [-0.25, -0.2) is 0 Å². The molecule has 14 heavy (non-hydrogen) atoms. The Morgan fingerprint density at radius 1 is 1.29 bits per heavy atom.